The maximum atomic E-state index is 12.3. The van der Waals surface area contributed by atoms with Crippen LogP contribution in [0.5, 0.6) is 23.0 Å². The third kappa shape index (κ3) is 3.20. The number of rotatable bonds is 5. The van der Waals surface area contributed by atoms with Crippen molar-refractivity contribution in [2.45, 2.75) is 0 Å². The van der Waals surface area contributed by atoms with Gasteiger partial charge in [-0.05, 0) is 18.2 Å². The van der Waals surface area contributed by atoms with E-state index in [1.165, 1.54) is 44.6 Å². The second-order valence-electron chi connectivity index (χ2n) is 4.48. The van der Waals surface area contributed by atoms with Crippen LogP contribution in [0.15, 0.2) is 42.5 Å². The predicted molar refractivity (Wildman–Crippen MR) is 82.7 cm³/mol. The van der Waals surface area contributed by atoms with Gasteiger partial charge in [-0.1, -0.05) is 18.2 Å². The van der Waals surface area contributed by atoms with E-state index >= 15 is 0 Å². The van der Waals surface area contributed by atoms with E-state index < -0.39 is 5.78 Å². The molecule has 2 aromatic rings. The number of benzene rings is 2. The first-order chi connectivity index (χ1) is 10.6. The van der Waals surface area contributed by atoms with Crippen LogP contribution in [0.3, 0.4) is 0 Å². The zero-order valence-corrected chi connectivity index (χ0v) is 12.2. The molecule has 0 spiro atoms. The van der Waals surface area contributed by atoms with E-state index in [1.54, 1.807) is 18.2 Å². The molecule has 0 saturated carbocycles. The summed E-state index contributed by atoms with van der Waals surface area (Å²) in [6, 6.07) is 9.48. The van der Waals surface area contributed by atoms with E-state index in [0.29, 0.717) is 11.3 Å². The van der Waals surface area contributed by atoms with Gasteiger partial charge >= 0.3 is 0 Å². The zero-order valence-electron chi connectivity index (χ0n) is 12.2. The summed E-state index contributed by atoms with van der Waals surface area (Å²) < 4.78 is 10.1. The normalized spacial score (nSPS) is 10.6. The van der Waals surface area contributed by atoms with Crippen LogP contribution in [0.4, 0.5) is 0 Å². The lowest BCUT2D eigenvalue weighted by Crippen LogP contribution is -2.00. The van der Waals surface area contributed by atoms with Gasteiger partial charge in [0.2, 0.25) is 0 Å². The quantitative estimate of drug-likeness (QED) is 0.655. The molecule has 0 heterocycles. The number of ether oxygens (including phenoxy) is 2. The summed E-state index contributed by atoms with van der Waals surface area (Å²) in [5.74, 6) is -0.0137. The van der Waals surface area contributed by atoms with E-state index in [-0.39, 0.29) is 22.8 Å². The van der Waals surface area contributed by atoms with Crippen LogP contribution in [0.2, 0.25) is 0 Å². The highest BCUT2D eigenvalue weighted by Gasteiger charge is 2.17. The molecule has 0 fully saturated rings. The van der Waals surface area contributed by atoms with Gasteiger partial charge in [0.15, 0.2) is 5.78 Å². The van der Waals surface area contributed by atoms with Gasteiger partial charge in [0.1, 0.15) is 28.6 Å². The number of ketones is 1. The number of carbonyl (C=O) groups excluding carboxylic acids is 1. The number of allylic oxidation sites excluding steroid dienone is 1. The van der Waals surface area contributed by atoms with E-state index in [2.05, 4.69) is 0 Å². The van der Waals surface area contributed by atoms with Gasteiger partial charge in [-0.25, -0.2) is 0 Å². The Morgan fingerprint density at radius 2 is 1.77 bits per heavy atom. The SMILES string of the molecule is COc1cc(O)c(C(=O)/C=C/c2ccccc2O)c(OC)c1. The van der Waals surface area contributed by atoms with Gasteiger partial charge in [0.05, 0.1) is 14.2 Å². The van der Waals surface area contributed by atoms with Gasteiger partial charge in [0, 0.05) is 17.7 Å². The van der Waals surface area contributed by atoms with Crippen molar-refractivity contribution in [1.29, 1.82) is 0 Å². The summed E-state index contributed by atoms with van der Waals surface area (Å²) in [6.45, 7) is 0. The monoisotopic (exact) mass is 300 g/mol. The third-order valence-corrected chi connectivity index (χ3v) is 3.11. The van der Waals surface area contributed by atoms with Crippen molar-refractivity contribution in [1.82, 2.24) is 0 Å². The lowest BCUT2D eigenvalue weighted by molar-refractivity contribution is 0.104. The number of hydrogen-bond acceptors (Lipinski definition) is 5. The largest absolute Gasteiger partial charge is 0.507 e. The first kappa shape index (κ1) is 15.4. The standard InChI is InChI=1S/C17H16O5/c1-21-12-9-15(20)17(16(10-12)22-2)14(19)8-7-11-5-3-4-6-13(11)18/h3-10,18,20H,1-2H3/b8-7+. The van der Waals surface area contributed by atoms with Crippen LogP contribution in [0.25, 0.3) is 6.08 Å². The summed E-state index contributed by atoms with van der Waals surface area (Å²) in [6.07, 6.45) is 2.74. The molecule has 114 valence electrons. The van der Waals surface area contributed by atoms with Gasteiger partial charge < -0.3 is 19.7 Å². The van der Waals surface area contributed by atoms with Gasteiger partial charge in [-0.15, -0.1) is 0 Å². The van der Waals surface area contributed by atoms with E-state index in [0.717, 1.165) is 0 Å². The fourth-order valence-electron chi connectivity index (χ4n) is 1.98. The molecule has 0 bridgehead atoms. The molecule has 5 heteroatoms. The Hall–Kier alpha value is -2.95. The molecule has 0 aliphatic rings. The van der Waals surface area contributed by atoms with E-state index in [4.69, 9.17) is 9.47 Å². The van der Waals surface area contributed by atoms with Crippen LogP contribution in [-0.4, -0.2) is 30.2 Å². The van der Waals surface area contributed by atoms with E-state index in [1.807, 2.05) is 0 Å². The minimum atomic E-state index is -0.444. The molecule has 0 radical (unpaired) electrons. The second-order valence-corrected chi connectivity index (χ2v) is 4.48. The number of phenols is 2. The van der Waals surface area contributed by atoms with Crippen molar-refractivity contribution in [2.24, 2.45) is 0 Å². The smallest absolute Gasteiger partial charge is 0.193 e. The minimum absolute atomic E-state index is 0.0370. The fraction of sp³-hybridized carbons (Fsp3) is 0.118. The van der Waals surface area contributed by atoms with Gasteiger partial charge in [0.25, 0.3) is 0 Å². The number of aromatic hydroxyl groups is 2. The highest BCUT2D eigenvalue weighted by molar-refractivity contribution is 6.10. The Balaban J connectivity index is 2.36. The molecule has 0 saturated heterocycles. The summed E-state index contributed by atoms with van der Waals surface area (Å²) >= 11 is 0. The van der Waals surface area contributed by atoms with Gasteiger partial charge in [-0.3, -0.25) is 4.79 Å². The van der Waals surface area contributed by atoms with Gasteiger partial charge in [-0.2, -0.15) is 0 Å². The van der Waals surface area contributed by atoms with Crippen molar-refractivity contribution >= 4 is 11.9 Å². The maximum absolute atomic E-state index is 12.3. The number of methoxy groups -OCH3 is 2. The average Bonchev–Trinajstić information content (AvgIpc) is 2.52. The average molecular weight is 300 g/mol. The molecule has 0 amide bonds. The number of hydrogen-bond donors (Lipinski definition) is 2. The second kappa shape index (κ2) is 6.67. The Morgan fingerprint density at radius 1 is 1.05 bits per heavy atom. The molecule has 2 rings (SSSR count). The summed E-state index contributed by atoms with van der Waals surface area (Å²) in [7, 11) is 2.85. The molecule has 2 N–H and O–H groups in total. The van der Waals surface area contributed by atoms with Crippen molar-refractivity contribution in [3.8, 4) is 23.0 Å². The number of para-hydroxylation sites is 1. The Morgan fingerprint density at radius 3 is 2.41 bits per heavy atom. The molecule has 0 unspecified atom stereocenters. The Labute approximate surface area is 128 Å². The lowest BCUT2D eigenvalue weighted by Gasteiger charge is -2.10. The van der Waals surface area contributed by atoms with Crippen LogP contribution >= 0.6 is 0 Å². The molecule has 22 heavy (non-hydrogen) atoms. The Kier molecular flexibility index (Phi) is 4.68. The molecule has 0 aliphatic carbocycles. The summed E-state index contributed by atoms with van der Waals surface area (Å²) in [5.41, 5.74) is 0.540. The molecular weight excluding hydrogens is 284 g/mol. The molecule has 0 atom stereocenters. The zero-order chi connectivity index (χ0) is 16.1. The van der Waals surface area contributed by atoms with Crippen LogP contribution in [0.1, 0.15) is 15.9 Å². The molecule has 5 nitrogen and oxygen atoms in total. The fourth-order valence-corrected chi connectivity index (χ4v) is 1.98. The van der Waals surface area contributed by atoms with Crippen molar-refractivity contribution < 1.29 is 24.5 Å². The molecule has 2 aromatic carbocycles. The summed E-state index contributed by atoms with van der Waals surface area (Å²) in [5, 5.41) is 19.7. The summed E-state index contributed by atoms with van der Waals surface area (Å²) in [4.78, 5) is 12.3. The van der Waals surface area contributed by atoms with Crippen LogP contribution in [-0.2, 0) is 0 Å². The predicted octanol–water partition coefficient (Wildman–Crippen LogP) is 3.01. The minimum Gasteiger partial charge on any atom is -0.507 e. The van der Waals surface area contributed by atoms with Crippen molar-refractivity contribution in [2.75, 3.05) is 14.2 Å². The molecule has 0 aliphatic heterocycles. The van der Waals surface area contributed by atoms with E-state index in [9.17, 15) is 15.0 Å². The molecule has 0 aromatic heterocycles. The van der Waals surface area contributed by atoms with Crippen LogP contribution < -0.4 is 9.47 Å². The van der Waals surface area contributed by atoms with Crippen LogP contribution in [0, 0.1) is 0 Å². The number of carbonyl (C=O) groups is 1. The molecular formula is C17H16O5. The lowest BCUT2D eigenvalue weighted by atomic mass is 10.1. The highest BCUT2D eigenvalue weighted by Crippen LogP contribution is 2.34. The Bertz CT molecular complexity index is 719. The van der Waals surface area contributed by atoms with Crippen molar-refractivity contribution in [3.63, 3.8) is 0 Å². The highest BCUT2D eigenvalue weighted by atomic mass is 16.5. The first-order valence-corrected chi connectivity index (χ1v) is 6.52. The van der Waals surface area contributed by atoms with Crippen molar-refractivity contribution in [3.05, 3.63) is 53.6 Å². The number of phenolic OH excluding ortho intramolecular Hbond substituents is 2. The first-order valence-electron chi connectivity index (χ1n) is 6.52. The maximum Gasteiger partial charge on any atom is 0.193 e. The third-order valence-electron chi connectivity index (χ3n) is 3.11. The topological polar surface area (TPSA) is 76.0 Å².